The van der Waals surface area contributed by atoms with E-state index in [1.54, 1.807) is 12.6 Å². The van der Waals surface area contributed by atoms with Gasteiger partial charge in [-0.05, 0) is 12.8 Å². The Labute approximate surface area is 62.3 Å². The summed E-state index contributed by atoms with van der Waals surface area (Å²) in [5, 5.41) is 2.34. The van der Waals surface area contributed by atoms with Gasteiger partial charge in [0.05, 0.1) is 0 Å². The number of amides is 1. The first-order chi connectivity index (χ1) is 4.91. The first-order valence-electron chi connectivity index (χ1n) is 3.69. The third kappa shape index (κ3) is 7.21. The molecule has 0 aliphatic heterocycles. The second-order valence-electron chi connectivity index (χ2n) is 2.14. The van der Waals surface area contributed by atoms with Crippen molar-refractivity contribution in [2.75, 3.05) is 0 Å². The molecule has 0 aromatic heterocycles. The summed E-state index contributed by atoms with van der Waals surface area (Å²) in [6, 6.07) is 0. The molecule has 1 N–H and O–H groups in total. The van der Waals surface area contributed by atoms with E-state index < -0.39 is 0 Å². The molecule has 2 nitrogen and oxygen atoms in total. The van der Waals surface area contributed by atoms with Crippen molar-refractivity contribution in [3.05, 3.63) is 12.3 Å². The Balaban J connectivity index is 2.94. The first-order valence-corrected chi connectivity index (χ1v) is 3.69. The third-order valence-corrected chi connectivity index (χ3v) is 1.23. The van der Waals surface area contributed by atoms with Crippen LogP contribution in [0.5, 0.6) is 0 Å². The van der Waals surface area contributed by atoms with Gasteiger partial charge in [0.1, 0.15) is 0 Å². The molecule has 0 unspecified atom stereocenters. The molecule has 57 valence electrons. The summed E-state index contributed by atoms with van der Waals surface area (Å²) >= 11 is 0. The fourth-order valence-electron chi connectivity index (χ4n) is 0.688. The van der Waals surface area contributed by atoms with Crippen molar-refractivity contribution in [1.29, 1.82) is 0 Å². The van der Waals surface area contributed by atoms with E-state index in [4.69, 9.17) is 0 Å². The third-order valence-electron chi connectivity index (χ3n) is 1.23. The molecular weight excluding hydrogens is 126 g/mol. The van der Waals surface area contributed by atoms with Crippen LogP contribution in [0.2, 0.25) is 0 Å². The van der Waals surface area contributed by atoms with Crippen LogP contribution in [-0.4, -0.2) is 6.41 Å². The average molecular weight is 140 g/mol. The Bertz CT molecular complexity index is 99.4. The lowest BCUT2D eigenvalue weighted by Gasteiger charge is -1.90. The van der Waals surface area contributed by atoms with Gasteiger partial charge in [0.15, 0.2) is 0 Å². The Kier molecular flexibility index (Phi) is 7.56. The minimum absolute atomic E-state index is 1.04. The van der Waals surface area contributed by atoms with Crippen molar-refractivity contribution in [2.45, 2.75) is 32.6 Å². The normalized spacial score (nSPS) is 10.1. The van der Waals surface area contributed by atoms with Gasteiger partial charge in [-0.1, -0.05) is 25.8 Å². The summed E-state index contributed by atoms with van der Waals surface area (Å²) in [4.78, 5) is 9.61. The average Bonchev–Trinajstić information content (AvgIpc) is 1.97. The van der Waals surface area contributed by atoms with Gasteiger partial charge < -0.3 is 5.32 Å². The number of carbonyl (C=O) groups excluding carboxylic acids is 1. The van der Waals surface area contributed by atoms with Crippen LogP contribution >= 0.6 is 0 Å². The summed E-state index contributed by atoms with van der Waals surface area (Å²) in [6.07, 6.45) is 9.89. The molecule has 0 atom stereocenters. The zero-order valence-corrected chi connectivity index (χ0v) is 6.39. The quantitative estimate of drug-likeness (QED) is 0.442. The van der Waals surface area contributed by atoms with Gasteiger partial charge in [0.25, 0.3) is 0 Å². The number of rotatable bonds is 6. The summed E-state index contributed by atoms with van der Waals surface area (Å²) in [6.45, 7) is 2.17. The van der Waals surface area contributed by atoms with Crippen molar-refractivity contribution in [2.24, 2.45) is 0 Å². The van der Waals surface area contributed by atoms with Crippen molar-refractivity contribution in [3.8, 4) is 0 Å². The minimum Gasteiger partial charge on any atom is -0.325 e. The van der Waals surface area contributed by atoms with Crippen LogP contribution in [0.1, 0.15) is 32.6 Å². The summed E-state index contributed by atoms with van der Waals surface area (Å²) in [7, 11) is 0. The van der Waals surface area contributed by atoms with Crippen LogP contribution < -0.4 is 5.32 Å². The number of unbranched alkanes of at least 4 members (excludes halogenated alkanes) is 3. The monoisotopic (exact) mass is 140 g/mol. The maximum Gasteiger partial charge on any atom is 0.313 e. The van der Waals surface area contributed by atoms with Crippen LogP contribution in [-0.2, 0) is 4.79 Å². The topological polar surface area (TPSA) is 29.1 Å². The van der Waals surface area contributed by atoms with E-state index in [0.717, 1.165) is 6.42 Å². The number of allylic oxidation sites excluding steroid dienone is 1. The Morgan fingerprint density at radius 1 is 1.50 bits per heavy atom. The summed E-state index contributed by atoms with van der Waals surface area (Å²) in [5.74, 6) is 0. The number of nitrogens with one attached hydrogen (secondary N) is 1. The molecule has 0 aliphatic carbocycles. The van der Waals surface area contributed by atoms with E-state index in [1.807, 2.05) is 6.08 Å². The highest BCUT2D eigenvalue weighted by Crippen LogP contribution is 1.98. The second kappa shape index (κ2) is 8.21. The van der Waals surface area contributed by atoms with Gasteiger partial charge in [0, 0.05) is 6.20 Å². The lowest BCUT2D eigenvalue weighted by Crippen LogP contribution is -1.97. The molecule has 0 saturated carbocycles. The predicted octanol–water partition coefficient (Wildman–Crippen LogP) is 1.74. The maximum absolute atomic E-state index is 9.61. The molecule has 0 aliphatic rings. The molecule has 0 aromatic rings. The van der Waals surface area contributed by atoms with E-state index >= 15 is 0 Å². The summed E-state index contributed by atoms with van der Waals surface area (Å²) < 4.78 is 0. The molecule has 0 rings (SSSR count). The Hall–Kier alpha value is -0.790. The van der Waals surface area contributed by atoms with Crippen LogP contribution in [0, 0.1) is 0 Å². The van der Waals surface area contributed by atoms with Crippen LogP contribution in [0.15, 0.2) is 12.3 Å². The zero-order valence-electron chi connectivity index (χ0n) is 6.39. The molecule has 1 amide bonds. The lowest BCUT2D eigenvalue weighted by molar-refractivity contribution is 0.550. The Morgan fingerprint density at radius 2 is 2.30 bits per heavy atom. The zero-order chi connectivity index (χ0) is 7.66. The van der Waals surface area contributed by atoms with Crippen molar-refractivity contribution in [3.63, 3.8) is 0 Å². The highest BCUT2D eigenvalue weighted by Gasteiger charge is 1.80. The van der Waals surface area contributed by atoms with E-state index in [2.05, 4.69) is 12.2 Å². The van der Waals surface area contributed by atoms with Gasteiger partial charge >= 0.3 is 6.41 Å². The van der Waals surface area contributed by atoms with E-state index in [-0.39, 0.29) is 0 Å². The van der Waals surface area contributed by atoms with Crippen LogP contribution in [0.3, 0.4) is 0 Å². The molecule has 0 saturated heterocycles. The van der Waals surface area contributed by atoms with Gasteiger partial charge in [-0.25, -0.2) is 0 Å². The highest BCUT2D eigenvalue weighted by atomic mass is 16.1. The lowest BCUT2D eigenvalue weighted by atomic mass is 10.2. The molecule has 0 aromatic carbocycles. The summed E-state index contributed by atoms with van der Waals surface area (Å²) in [5.41, 5.74) is 0. The van der Waals surface area contributed by atoms with Crippen LogP contribution in [0.25, 0.3) is 0 Å². The second-order valence-corrected chi connectivity index (χ2v) is 2.14. The molecule has 0 heterocycles. The van der Waals surface area contributed by atoms with E-state index in [9.17, 15) is 4.79 Å². The van der Waals surface area contributed by atoms with E-state index in [0.29, 0.717) is 0 Å². The van der Waals surface area contributed by atoms with Crippen molar-refractivity contribution in [1.82, 2.24) is 5.32 Å². The molecule has 0 spiro atoms. The van der Waals surface area contributed by atoms with Crippen LogP contribution in [0.4, 0.5) is 0 Å². The molecule has 10 heavy (non-hydrogen) atoms. The van der Waals surface area contributed by atoms with Crippen molar-refractivity contribution < 1.29 is 4.79 Å². The van der Waals surface area contributed by atoms with Crippen molar-refractivity contribution >= 4 is 6.41 Å². The van der Waals surface area contributed by atoms with Gasteiger partial charge in [-0.3, -0.25) is 4.79 Å². The highest BCUT2D eigenvalue weighted by molar-refractivity contribution is 5.48. The molecular formula is C8H14NO. The molecule has 2 heteroatoms. The predicted molar refractivity (Wildman–Crippen MR) is 42.1 cm³/mol. The standard InChI is InChI=1S/C8H14NO/c1-2-3-4-5-6-7-9-8-10/h6-7H,2-5H2,1H3,(H,9,10)/b7-6+. The fraction of sp³-hybridized carbons (Fsp3) is 0.625. The maximum atomic E-state index is 9.61. The van der Waals surface area contributed by atoms with Gasteiger partial charge in [0.2, 0.25) is 0 Å². The number of hydrogen-bond acceptors (Lipinski definition) is 1. The number of hydrogen-bond donors (Lipinski definition) is 1. The fourth-order valence-corrected chi connectivity index (χ4v) is 0.688. The van der Waals surface area contributed by atoms with Gasteiger partial charge in [-0.2, -0.15) is 0 Å². The Morgan fingerprint density at radius 3 is 2.90 bits per heavy atom. The van der Waals surface area contributed by atoms with E-state index in [1.165, 1.54) is 19.3 Å². The molecule has 0 bridgehead atoms. The minimum atomic E-state index is 1.04. The molecule has 1 radical (unpaired) electrons. The van der Waals surface area contributed by atoms with Gasteiger partial charge in [-0.15, -0.1) is 0 Å². The smallest absolute Gasteiger partial charge is 0.313 e. The SMILES string of the molecule is CCCCC/C=C/N[C]=O. The molecule has 0 fully saturated rings. The first kappa shape index (κ1) is 9.21. The largest absolute Gasteiger partial charge is 0.325 e.